The Morgan fingerprint density at radius 1 is 1.41 bits per heavy atom. The smallest absolute Gasteiger partial charge is 0.243 e. The molecule has 1 aliphatic heterocycles. The minimum atomic E-state index is -0.458. The molecule has 0 spiro atoms. The van der Waals surface area contributed by atoms with Gasteiger partial charge < -0.3 is 0 Å². The van der Waals surface area contributed by atoms with E-state index >= 15 is 0 Å². The van der Waals surface area contributed by atoms with Gasteiger partial charge in [0, 0.05) is 11.4 Å². The highest BCUT2D eigenvalue weighted by Crippen LogP contribution is 2.47. The lowest BCUT2D eigenvalue weighted by Crippen LogP contribution is -2.57. The number of amides is 1. The zero-order valence-electron chi connectivity index (χ0n) is 9.69. The van der Waals surface area contributed by atoms with Gasteiger partial charge in [0.25, 0.3) is 0 Å². The summed E-state index contributed by atoms with van der Waals surface area (Å²) >= 11 is 3.22. The number of β-lactam (4-membered cyclic amide) rings is 1. The Morgan fingerprint density at radius 3 is 2.59 bits per heavy atom. The maximum absolute atomic E-state index is 12.2. The van der Waals surface area contributed by atoms with Gasteiger partial charge in [-0.25, -0.2) is 0 Å². The van der Waals surface area contributed by atoms with Gasteiger partial charge in [-0.15, -0.1) is 0 Å². The third kappa shape index (κ3) is 1.84. The van der Waals surface area contributed by atoms with Crippen LogP contribution in [-0.2, 0) is 4.79 Å². The Kier molecular flexibility index (Phi) is 3.20. The van der Waals surface area contributed by atoms with Gasteiger partial charge in [-0.05, 0) is 30.5 Å². The Labute approximate surface area is 110 Å². The lowest BCUT2D eigenvalue weighted by Gasteiger charge is -2.48. The molecule has 88 valence electrons. The lowest BCUT2D eigenvalue weighted by atomic mass is 9.74. The van der Waals surface area contributed by atoms with Gasteiger partial charge in [0.15, 0.2) is 0 Å². The standard InChI is InChI=1S/C14H14BrNO/c1-11-14(2,9-6-10-15)13(17)16(11)12-7-4-3-5-8-12/h3-8,10H,1,9H2,2H3/b10-6-. The van der Waals surface area contributed by atoms with Crippen molar-refractivity contribution in [3.63, 3.8) is 0 Å². The summed E-state index contributed by atoms with van der Waals surface area (Å²) in [5, 5.41) is 0. The molecule has 1 heterocycles. The molecule has 3 heteroatoms. The van der Waals surface area contributed by atoms with Crippen molar-refractivity contribution in [2.75, 3.05) is 4.90 Å². The molecule has 0 aromatic heterocycles. The molecule has 1 aliphatic rings. The molecular weight excluding hydrogens is 278 g/mol. The van der Waals surface area contributed by atoms with Gasteiger partial charge in [-0.1, -0.05) is 46.8 Å². The molecule has 0 N–H and O–H groups in total. The first-order valence-corrected chi connectivity index (χ1v) is 6.37. The van der Waals surface area contributed by atoms with Crippen molar-refractivity contribution in [1.29, 1.82) is 0 Å². The highest BCUT2D eigenvalue weighted by molar-refractivity contribution is 9.11. The quantitative estimate of drug-likeness (QED) is 0.775. The van der Waals surface area contributed by atoms with Crippen LogP contribution in [0.15, 0.2) is 53.7 Å². The van der Waals surface area contributed by atoms with Gasteiger partial charge >= 0.3 is 0 Å². The van der Waals surface area contributed by atoms with Gasteiger partial charge in [0.1, 0.15) is 0 Å². The van der Waals surface area contributed by atoms with Crippen LogP contribution in [0.5, 0.6) is 0 Å². The fourth-order valence-electron chi connectivity index (χ4n) is 2.02. The van der Waals surface area contributed by atoms with E-state index in [1.54, 1.807) is 9.89 Å². The third-order valence-corrected chi connectivity index (χ3v) is 3.59. The topological polar surface area (TPSA) is 20.3 Å². The summed E-state index contributed by atoms with van der Waals surface area (Å²) < 4.78 is 0. The molecule has 2 rings (SSSR count). The SMILES string of the molecule is C=C1N(c2ccccc2)C(=O)C1(C)C/C=C\Br. The second-order valence-corrected chi connectivity index (χ2v) is 4.85. The van der Waals surface area contributed by atoms with Crippen LogP contribution in [-0.4, -0.2) is 5.91 Å². The fourth-order valence-corrected chi connectivity index (χ4v) is 2.21. The van der Waals surface area contributed by atoms with E-state index in [0.717, 1.165) is 11.4 Å². The number of carbonyl (C=O) groups is 1. The van der Waals surface area contributed by atoms with Gasteiger partial charge in [-0.2, -0.15) is 0 Å². The van der Waals surface area contributed by atoms with Crippen molar-refractivity contribution in [2.24, 2.45) is 5.41 Å². The number of hydrogen-bond acceptors (Lipinski definition) is 1. The van der Waals surface area contributed by atoms with E-state index in [2.05, 4.69) is 22.5 Å². The number of nitrogens with zero attached hydrogens (tertiary/aromatic N) is 1. The normalized spacial score (nSPS) is 24.2. The van der Waals surface area contributed by atoms with Crippen molar-refractivity contribution >= 4 is 27.5 Å². The molecule has 1 unspecified atom stereocenters. The van der Waals surface area contributed by atoms with Gasteiger partial charge in [0.05, 0.1) is 5.41 Å². The van der Waals surface area contributed by atoms with E-state index in [1.165, 1.54) is 0 Å². The van der Waals surface area contributed by atoms with Crippen LogP contribution >= 0.6 is 15.9 Å². The van der Waals surface area contributed by atoms with Crippen LogP contribution in [0, 0.1) is 5.41 Å². The summed E-state index contributed by atoms with van der Waals surface area (Å²) in [6.45, 7) is 5.97. The summed E-state index contributed by atoms with van der Waals surface area (Å²) in [5.41, 5.74) is 1.29. The molecule has 0 bridgehead atoms. The second-order valence-electron chi connectivity index (χ2n) is 4.32. The van der Waals surface area contributed by atoms with Crippen molar-refractivity contribution in [1.82, 2.24) is 0 Å². The molecular formula is C14H14BrNO. The molecule has 1 saturated heterocycles. The van der Waals surface area contributed by atoms with Gasteiger partial charge in [-0.3, -0.25) is 9.69 Å². The number of hydrogen-bond donors (Lipinski definition) is 0. The molecule has 0 aliphatic carbocycles. The molecule has 1 amide bonds. The van der Waals surface area contributed by atoms with Gasteiger partial charge in [0.2, 0.25) is 5.91 Å². The Bertz CT molecular complexity index is 462. The molecule has 1 aromatic rings. The number of carbonyl (C=O) groups excluding carboxylic acids is 1. The minimum absolute atomic E-state index is 0.110. The first kappa shape index (κ1) is 12.1. The van der Waals surface area contributed by atoms with E-state index in [0.29, 0.717) is 6.42 Å². The average Bonchev–Trinajstić information content (AvgIpc) is 2.37. The molecule has 1 atom stereocenters. The summed E-state index contributed by atoms with van der Waals surface area (Å²) in [6.07, 6.45) is 2.62. The van der Waals surface area contributed by atoms with Crippen LogP contribution in [0.25, 0.3) is 0 Å². The minimum Gasteiger partial charge on any atom is -0.284 e. The van der Waals surface area contributed by atoms with Crippen LogP contribution in [0.4, 0.5) is 5.69 Å². The summed E-state index contributed by atoms with van der Waals surface area (Å²) in [6, 6.07) is 9.61. The highest BCUT2D eigenvalue weighted by atomic mass is 79.9. The van der Waals surface area contributed by atoms with E-state index in [9.17, 15) is 4.79 Å². The zero-order valence-corrected chi connectivity index (χ0v) is 11.3. The largest absolute Gasteiger partial charge is 0.284 e. The van der Waals surface area contributed by atoms with Crippen molar-refractivity contribution in [3.05, 3.63) is 53.7 Å². The molecule has 1 fully saturated rings. The second kappa shape index (κ2) is 4.49. The molecule has 2 nitrogen and oxygen atoms in total. The first-order valence-electron chi connectivity index (χ1n) is 5.45. The zero-order chi connectivity index (χ0) is 12.5. The number of halogens is 1. The predicted octanol–water partition coefficient (Wildman–Crippen LogP) is 3.85. The molecule has 0 radical (unpaired) electrons. The Hall–Kier alpha value is -1.35. The number of allylic oxidation sites excluding steroid dienone is 1. The van der Waals surface area contributed by atoms with Crippen molar-refractivity contribution in [3.8, 4) is 0 Å². The monoisotopic (exact) mass is 291 g/mol. The lowest BCUT2D eigenvalue weighted by molar-refractivity contribution is -0.130. The molecule has 1 aromatic carbocycles. The molecule has 17 heavy (non-hydrogen) atoms. The van der Waals surface area contributed by atoms with Crippen molar-refractivity contribution in [2.45, 2.75) is 13.3 Å². The van der Waals surface area contributed by atoms with Crippen LogP contribution in [0.3, 0.4) is 0 Å². The number of benzene rings is 1. The number of rotatable bonds is 3. The summed E-state index contributed by atoms with van der Waals surface area (Å²) in [7, 11) is 0. The maximum Gasteiger partial charge on any atom is 0.243 e. The van der Waals surface area contributed by atoms with E-state index in [1.807, 2.05) is 43.3 Å². The predicted molar refractivity (Wildman–Crippen MR) is 73.9 cm³/mol. The summed E-state index contributed by atoms with van der Waals surface area (Å²) in [4.78, 5) is 15.7. The van der Waals surface area contributed by atoms with E-state index in [-0.39, 0.29) is 5.91 Å². The fraction of sp³-hybridized carbons (Fsp3) is 0.214. The summed E-state index contributed by atoms with van der Waals surface area (Å²) in [5.74, 6) is 0.110. The number of anilines is 1. The Morgan fingerprint density at radius 2 is 2.06 bits per heavy atom. The molecule has 0 saturated carbocycles. The van der Waals surface area contributed by atoms with E-state index < -0.39 is 5.41 Å². The Balaban J connectivity index is 2.22. The van der Waals surface area contributed by atoms with E-state index in [4.69, 9.17) is 0 Å². The highest BCUT2D eigenvalue weighted by Gasteiger charge is 2.51. The van der Waals surface area contributed by atoms with Crippen molar-refractivity contribution < 1.29 is 4.79 Å². The maximum atomic E-state index is 12.2. The van der Waals surface area contributed by atoms with Crippen LogP contribution < -0.4 is 4.90 Å². The first-order chi connectivity index (χ1) is 8.11. The third-order valence-electron chi connectivity index (χ3n) is 3.21. The van der Waals surface area contributed by atoms with Crippen LogP contribution in [0.1, 0.15) is 13.3 Å². The average molecular weight is 292 g/mol. The van der Waals surface area contributed by atoms with Crippen LogP contribution in [0.2, 0.25) is 0 Å². The number of para-hydroxylation sites is 1.